The number of amides is 3. The first-order valence-corrected chi connectivity index (χ1v) is 8.29. The summed E-state index contributed by atoms with van der Waals surface area (Å²) in [5.41, 5.74) is 2.01. The van der Waals surface area contributed by atoms with E-state index >= 15 is 0 Å². The maximum absolute atomic E-state index is 12.3. The highest BCUT2D eigenvalue weighted by molar-refractivity contribution is 6.32. The molecule has 2 aromatic rings. The van der Waals surface area contributed by atoms with Crippen molar-refractivity contribution in [3.8, 4) is 6.07 Å². The van der Waals surface area contributed by atoms with Crippen LogP contribution in [0.25, 0.3) is 0 Å². The summed E-state index contributed by atoms with van der Waals surface area (Å²) in [5.74, 6) is -0.672. The van der Waals surface area contributed by atoms with E-state index in [1.807, 2.05) is 6.07 Å². The molecule has 1 heterocycles. The Morgan fingerprint density at radius 3 is 2.35 bits per heavy atom. The molecule has 1 fully saturated rings. The number of nitrogens with zero attached hydrogens (tertiary/aromatic N) is 2. The monoisotopic (exact) mass is 367 g/mol. The molecule has 1 saturated heterocycles. The number of nitriles is 1. The van der Waals surface area contributed by atoms with Crippen molar-refractivity contribution in [1.29, 1.82) is 5.26 Å². The standard InChI is InChI=1S/C19H14ClN3O3/c20-16-9-15(6-5-14(16)10-21)22-19(26)13-3-1-12(2-4-13)11-23-17(24)7-8-18(23)25/h1-6,9H,7-8,11H2,(H,22,26). The zero-order valence-electron chi connectivity index (χ0n) is 13.7. The smallest absolute Gasteiger partial charge is 0.255 e. The summed E-state index contributed by atoms with van der Waals surface area (Å²) in [6.45, 7) is 0.213. The fourth-order valence-corrected chi connectivity index (χ4v) is 2.85. The largest absolute Gasteiger partial charge is 0.322 e. The molecule has 0 saturated carbocycles. The van der Waals surface area contributed by atoms with Crippen molar-refractivity contribution in [2.75, 3.05) is 5.32 Å². The van der Waals surface area contributed by atoms with Gasteiger partial charge in [0.1, 0.15) is 6.07 Å². The topological polar surface area (TPSA) is 90.3 Å². The molecule has 1 aliphatic rings. The Morgan fingerprint density at radius 1 is 1.12 bits per heavy atom. The van der Waals surface area contributed by atoms with Gasteiger partial charge in [0.05, 0.1) is 17.1 Å². The van der Waals surface area contributed by atoms with Gasteiger partial charge in [-0.3, -0.25) is 19.3 Å². The van der Waals surface area contributed by atoms with Crippen molar-refractivity contribution in [3.63, 3.8) is 0 Å². The lowest BCUT2D eigenvalue weighted by Gasteiger charge is -2.14. The minimum atomic E-state index is -0.328. The molecule has 0 spiro atoms. The molecule has 1 aliphatic heterocycles. The zero-order chi connectivity index (χ0) is 18.7. The van der Waals surface area contributed by atoms with Gasteiger partial charge < -0.3 is 5.32 Å². The van der Waals surface area contributed by atoms with Crippen LogP contribution in [0.1, 0.15) is 34.3 Å². The molecular weight excluding hydrogens is 354 g/mol. The number of halogens is 1. The average molecular weight is 368 g/mol. The normalized spacial score (nSPS) is 13.6. The van der Waals surface area contributed by atoms with Crippen LogP contribution in [0, 0.1) is 11.3 Å². The fourth-order valence-electron chi connectivity index (χ4n) is 2.63. The lowest BCUT2D eigenvalue weighted by molar-refractivity contribution is -0.139. The third kappa shape index (κ3) is 3.73. The van der Waals surface area contributed by atoms with E-state index in [4.69, 9.17) is 16.9 Å². The number of likely N-dealkylation sites (tertiary alicyclic amines) is 1. The summed E-state index contributed by atoms with van der Waals surface area (Å²) in [6, 6.07) is 13.3. The number of hydrogen-bond acceptors (Lipinski definition) is 4. The first-order chi connectivity index (χ1) is 12.5. The number of benzene rings is 2. The first-order valence-electron chi connectivity index (χ1n) is 7.91. The van der Waals surface area contributed by atoms with E-state index < -0.39 is 0 Å². The van der Waals surface area contributed by atoms with E-state index in [9.17, 15) is 14.4 Å². The Balaban J connectivity index is 1.67. The highest BCUT2D eigenvalue weighted by atomic mass is 35.5. The van der Waals surface area contributed by atoms with Gasteiger partial charge in [-0.2, -0.15) is 5.26 Å². The molecule has 0 bridgehead atoms. The highest BCUT2D eigenvalue weighted by Gasteiger charge is 2.28. The van der Waals surface area contributed by atoms with Gasteiger partial charge in [0.15, 0.2) is 0 Å². The van der Waals surface area contributed by atoms with Crippen molar-refractivity contribution in [2.45, 2.75) is 19.4 Å². The fraction of sp³-hybridized carbons (Fsp3) is 0.158. The first kappa shape index (κ1) is 17.6. The second kappa shape index (κ2) is 7.38. The van der Waals surface area contributed by atoms with Crippen molar-refractivity contribution in [3.05, 3.63) is 64.2 Å². The van der Waals surface area contributed by atoms with Crippen LogP contribution < -0.4 is 5.32 Å². The summed E-state index contributed by atoms with van der Waals surface area (Å²) < 4.78 is 0. The predicted molar refractivity (Wildman–Crippen MR) is 95.4 cm³/mol. The van der Waals surface area contributed by atoms with E-state index in [1.165, 1.54) is 17.0 Å². The molecule has 0 atom stereocenters. The van der Waals surface area contributed by atoms with Gasteiger partial charge in [-0.25, -0.2) is 0 Å². The van der Waals surface area contributed by atoms with Crippen LogP contribution in [0.5, 0.6) is 0 Å². The molecule has 3 rings (SSSR count). The molecule has 3 amide bonds. The van der Waals surface area contributed by atoms with E-state index in [-0.39, 0.29) is 42.1 Å². The number of nitrogens with one attached hydrogen (secondary N) is 1. The SMILES string of the molecule is N#Cc1ccc(NC(=O)c2ccc(CN3C(=O)CCC3=O)cc2)cc1Cl. The molecular formula is C19H14ClN3O3. The summed E-state index contributed by atoms with van der Waals surface area (Å²) in [6.07, 6.45) is 0.513. The van der Waals surface area contributed by atoms with Crippen LogP contribution in [0.4, 0.5) is 5.69 Å². The second-order valence-electron chi connectivity index (χ2n) is 5.83. The number of anilines is 1. The quantitative estimate of drug-likeness (QED) is 0.840. The van der Waals surface area contributed by atoms with Gasteiger partial charge in [-0.15, -0.1) is 0 Å². The van der Waals surface area contributed by atoms with Crippen LogP contribution >= 0.6 is 11.6 Å². The molecule has 0 aromatic heterocycles. The number of rotatable bonds is 4. The van der Waals surface area contributed by atoms with Gasteiger partial charge in [0.2, 0.25) is 11.8 Å². The van der Waals surface area contributed by atoms with Gasteiger partial charge in [-0.05, 0) is 35.9 Å². The van der Waals surface area contributed by atoms with Crippen molar-refractivity contribution in [1.82, 2.24) is 4.90 Å². The predicted octanol–water partition coefficient (Wildman–Crippen LogP) is 3.11. The maximum atomic E-state index is 12.3. The minimum Gasteiger partial charge on any atom is -0.322 e. The molecule has 2 aromatic carbocycles. The Kier molecular flexibility index (Phi) is 5.01. The van der Waals surface area contributed by atoms with Gasteiger partial charge in [-0.1, -0.05) is 23.7 Å². The second-order valence-corrected chi connectivity index (χ2v) is 6.24. The van der Waals surface area contributed by atoms with Crippen LogP contribution in [0.2, 0.25) is 5.02 Å². The van der Waals surface area contributed by atoms with Gasteiger partial charge in [0, 0.05) is 24.1 Å². The average Bonchev–Trinajstić information content (AvgIpc) is 2.94. The number of hydrogen-bond donors (Lipinski definition) is 1. The third-order valence-corrected chi connectivity index (χ3v) is 4.37. The molecule has 0 aliphatic carbocycles. The van der Waals surface area contributed by atoms with E-state index in [2.05, 4.69) is 5.32 Å². The number of imide groups is 1. The number of carbonyl (C=O) groups excluding carboxylic acids is 3. The van der Waals surface area contributed by atoms with Crippen LogP contribution in [0.3, 0.4) is 0 Å². The van der Waals surface area contributed by atoms with E-state index in [1.54, 1.807) is 30.3 Å². The van der Waals surface area contributed by atoms with Crippen LogP contribution in [0.15, 0.2) is 42.5 Å². The number of carbonyl (C=O) groups is 3. The lowest BCUT2D eigenvalue weighted by Crippen LogP contribution is -2.28. The molecule has 130 valence electrons. The van der Waals surface area contributed by atoms with E-state index in [0.717, 1.165) is 5.56 Å². The Bertz CT molecular complexity index is 916. The highest BCUT2D eigenvalue weighted by Crippen LogP contribution is 2.21. The Labute approximate surface area is 155 Å². The molecule has 26 heavy (non-hydrogen) atoms. The summed E-state index contributed by atoms with van der Waals surface area (Å²) in [4.78, 5) is 36.8. The van der Waals surface area contributed by atoms with Crippen LogP contribution in [-0.2, 0) is 16.1 Å². The zero-order valence-corrected chi connectivity index (χ0v) is 14.4. The molecule has 7 heteroatoms. The molecule has 0 unspecified atom stereocenters. The summed E-state index contributed by atoms with van der Waals surface area (Å²) >= 11 is 5.95. The third-order valence-electron chi connectivity index (χ3n) is 4.06. The van der Waals surface area contributed by atoms with Crippen LogP contribution in [-0.4, -0.2) is 22.6 Å². The van der Waals surface area contributed by atoms with Crippen molar-refractivity contribution < 1.29 is 14.4 Å². The summed E-state index contributed by atoms with van der Waals surface area (Å²) in [7, 11) is 0. The maximum Gasteiger partial charge on any atom is 0.255 e. The van der Waals surface area contributed by atoms with Gasteiger partial charge >= 0.3 is 0 Å². The van der Waals surface area contributed by atoms with Gasteiger partial charge in [0.25, 0.3) is 5.91 Å². The Hall–Kier alpha value is -3.17. The Morgan fingerprint density at radius 2 is 1.77 bits per heavy atom. The lowest BCUT2D eigenvalue weighted by atomic mass is 10.1. The van der Waals surface area contributed by atoms with Crippen molar-refractivity contribution in [2.24, 2.45) is 0 Å². The molecule has 0 radical (unpaired) electrons. The molecule has 1 N–H and O–H groups in total. The summed E-state index contributed by atoms with van der Waals surface area (Å²) in [5, 5.41) is 11.8. The van der Waals surface area contributed by atoms with E-state index in [0.29, 0.717) is 16.8 Å². The molecule has 6 nitrogen and oxygen atoms in total. The van der Waals surface area contributed by atoms with Crippen molar-refractivity contribution >= 4 is 35.0 Å². The minimum absolute atomic E-state index is 0.172.